The minimum atomic E-state index is 0.672. The van der Waals surface area contributed by atoms with Gasteiger partial charge in [0.2, 0.25) is 0 Å². The highest BCUT2D eigenvalue weighted by Crippen LogP contribution is 2.29. The Kier molecular flexibility index (Phi) is 4.51. The minimum Gasteiger partial charge on any atom is -0.302 e. The lowest BCUT2D eigenvalue weighted by Gasteiger charge is -2.31. The second-order valence-corrected chi connectivity index (χ2v) is 5.17. The summed E-state index contributed by atoms with van der Waals surface area (Å²) in [6.07, 6.45) is 2.44. The summed E-state index contributed by atoms with van der Waals surface area (Å²) in [5, 5.41) is 0.848. The van der Waals surface area contributed by atoms with E-state index in [-0.39, 0.29) is 0 Å². The molecule has 0 bridgehead atoms. The van der Waals surface area contributed by atoms with Crippen LogP contribution in [0.2, 0.25) is 5.02 Å². The van der Waals surface area contributed by atoms with E-state index < -0.39 is 0 Å². The molecule has 0 unspecified atom stereocenters. The molecule has 1 nitrogen and oxygen atoms in total. The Bertz CT molecular complexity index is 332. The number of rotatable bonds is 3. The fourth-order valence-corrected chi connectivity index (χ4v) is 2.81. The average molecular weight is 258 g/mol. The first-order valence-electron chi connectivity index (χ1n) is 5.83. The van der Waals surface area contributed by atoms with E-state index in [0.717, 1.165) is 30.5 Å². The largest absolute Gasteiger partial charge is 0.302 e. The highest BCUT2D eigenvalue weighted by molar-refractivity contribution is 6.30. The molecule has 1 aromatic rings. The SMILES string of the molecule is ClCCN1CCC(c2cccc(Cl)c2)CC1. The molecule has 1 aliphatic heterocycles. The Morgan fingerprint density at radius 1 is 1.25 bits per heavy atom. The highest BCUT2D eigenvalue weighted by atomic mass is 35.5. The molecule has 1 aliphatic rings. The van der Waals surface area contributed by atoms with Gasteiger partial charge in [-0.2, -0.15) is 0 Å². The third-order valence-electron chi connectivity index (χ3n) is 3.31. The quantitative estimate of drug-likeness (QED) is 0.746. The topological polar surface area (TPSA) is 3.24 Å². The van der Waals surface area contributed by atoms with E-state index in [1.54, 1.807) is 0 Å². The molecule has 0 spiro atoms. The lowest BCUT2D eigenvalue weighted by molar-refractivity contribution is 0.223. The summed E-state index contributed by atoms with van der Waals surface area (Å²) in [6, 6.07) is 8.27. The molecular weight excluding hydrogens is 241 g/mol. The normalized spacial score (nSPS) is 18.9. The monoisotopic (exact) mass is 257 g/mol. The molecule has 88 valence electrons. The number of likely N-dealkylation sites (tertiary alicyclic amines) is 1. The van der Waals surface area contributed by atoms with Crippen molar-refractivity contribution < 1.29 is 0 Å². The third-order valence-corrected chi connectivity index (χ3v) is 3.71. The van der Waals surface area contributed by atoms with Crippen LogP contribution in [0.5, 0.6) is 0 Å². The van der Waals surface area contributed by atoms with E-state index >= 15 is 0 Å². The Morgan fingerprint density at radius 3 is 2.62 bits per heavy atom. The van der Waals surface area contributed by atoms with Crippen molar-refractivity contribution in [1.82, 2.24) is 4.90 Å². The lowest BCUT2D eigenvalue weighted by Crippen LogP contribution is -2.34. The van der Waals surface area contributed by atoms with Gasteiger partial charge in [0.1, 0.15) is 0 Å². The molecule has 0 aromatic heterocycles. The van der Waals surface area contributed by atoms with Crippen LogP contribution < -0.4 is 0 Å². The van der Waals surface area contributed by atoms with E-state index in [4.69, 9.17) is 23.2 Å². The molecule has 16 heavy (non-hydrogen) atoms. The van der Waals surface area contributed by atoms with Crippen LogP contribution in [-0.2, 0) is 0 Å². The summed E-state index contributed by atoms with van der Waals surface area (Å²) >= 11 is 11.8. The van der Waals surface area contributed by atoms with Crippen molar-refractivity contribution in [3.63, 3.8) is 0 Å². The number of nitrogens with zero attached hydrogens (tertiary/aromatic N) is 1. The van der Waals surface area contributed by atoms with Gasteiger partial charge in [0, 0.05) is 17.4 Å². The minimum absolute atomic E-state index is 0.672. The van der Waals surface area contributed by atoms with Crippen LogP contribution >= 0.6 is 23.2 Å². The molecule has 3 heteroatoms. The van der Waals surface area contributed by atoms with Gasteiger partial charge in [-0.25, -0.2) is 0 Å². The number of benzene rings is 1. The Hall–Kier alpha value is -0.240. The third kappa shape index (κ3) is 3.13. The fourth-order valence-electron chi connectivity index (χ4n) is 2.37. The highest BCUT2D eigenvalue weighted by Gasteiger charge is 2.19. The molecular formula is C13H17Cl2N. The van der Waals surface area contributed by atoms with Crippen LogP contribution in [0, 0.1) is 0 Å². The number of alkyl halides is 1. The van der Waals surface area contributed by atoms with E-state index in [0.29, 0.717) is 5.92 Å². The van der Waals surface area contributed by atoms with Gasteiger partial charge in [0.05, 0.1) is 0 Å². The number of halogens is 2. The maximum atomic E-state index is 6.01. The zero-order valence-electron chi connectivity index (χ0n) is 9.33. The Labute approximate surface area is 107 Å². The number of piperidine rings is 1. The predicted molar refractivity (Wildman–Crippen MR) is 70.6 cm³/mol. The van der Waals surface area contributed by atoms with Crippen molar-refractivity contribution >= 4 is 23.2 Å². The molecule has 0 atom stereocenters. The lowest BCUT2D eigenvalue weighted by atomic mass is 9.89. The van der Waals surface area contributed by atoms with Gasteiger partial charge < -0.3 is 4.90 Å². The first-order chi connectivity index (χ1) is 7.79. The van der Waals surface area contributed by atoms with E-state index in [1.165, 1.54) is 18.4 Å². The molecule has 0 saturated carbocycles. The standard InChI is InChI=1S/C13H17Cl2N/c14-6-9-16-7-4-11(5-8-16)12-2-1-3-13(15)10-12/h1-3,10-11H,4-9H2. The smallest absolute Gasteiger partial charge is 0.0408 e. The summed E-state index contributed by atoms with van der Waals surface area (Å²) < 4.78 is 0. The summed E-state index contributed by atoms with van der Waals surface area (Å²) in [5.41, 5.74) is 1.39. The van der Waals surface area contributed by atoms with Gasteiger partial charge in [-0.05, 0) is 49.5 Å². The first kappa shape index (κ1) is 12.2. The van der Waals surface area contributed by atoms with Crippen molar-refractivity contribution in [3.05, 3.63) is 34.9 Å². The molecule has 1 fully saturated rings. The molecule has 1 heterocycles. The van der Waals surface area contributed by atoms with Gasteiger partial charge in [-0.1, -0.05) is 23.7 Å². The predicted octanol–water partition coefficient (Wildman–Crippen LogP) is 3.76. The van der Waals surface area contributed by atoms with Gasteiger partial charge >= 0.3 is 0 Å². The molecule has 0 aliphatic carbocycles. The van der Waals surface area contributed by atoms with Crippen molar-refractivity contribution in [3.8, 4) is 0 Å². The van der Waals surface area contributed by atoms with E-state index in [2.05, 4.69) is 17.0 Å². The number of hydrogen-bond acceptors (Lipinski definition) is 1. The molecule has 0 amide bonds. The fraction of sp³-hybridized carbons (Fsp3) is 0.538. The van der Waals surface area contributed by atoms with Gasteiger partial charge in [0.15, 0.2) is 0 Å². The van der Waals surface area contributed by atoms with Crippen molar-refractivity contribution in [2.24, 2.45) is 0 Å². The maximum absolute atomic E-state index is 6.01. The van der Waals surface area contributed by atoms with Crippen LogP contribution in [0.25, 0.3) is 0 Å². The summed E-state index contributed by atoms with van der Waals surface area (Å²) in [4.78, 5) is 2.44. The zero-order valence-corrected chi connectivity index (χ0v) is 10.8. The Balaban J connectivity index is 1.94. The molecule has 2 rings (SSSR count). The number of hydrogen-bond donors (Lipinski definition) is 0. The maximum Gasteiger partial charge on any atom is 0.0408 e. The van der Waals surface area contributed by atoms with Gasteiger partial charge in [-0.3, -0.25) is 0 Å². The Morgan fingerprint density at radius 2 is 2.00 bits per heavy atom. The van der Waals surface area contributed by atoms with Crippen LogP contribution in [0.1, 0.15) is 24.3 Å². The second kappa shape index (κ2) is 5.90. The summed E-state index contributed by atoms with van der Waals surface area (Å²) in [6.45, 7) is 3.33. The molecule has 1 aromatic carbocycles. The van der Waals surface area contributed by atoms with Gasteiger partial charge in [-0.15, -0.1) is 11.6 Å². The van der Waals surface area contributed by atoms with Crippen molar-refractivity contribution in [2.45, 2.75) is 18.8 Å². The second-order valence-electron chi connectivity index (χ2n) is 4.36. The van der Waals surface area contributed by atoms with Crippen LogP contribution in [0.3, 0.4) is 0 Å². The molecule has 1 saturated heterocycles. The summed E-state index contributed by atoms with van der Waals surface area (Å²) in [5.74, 6) is 1.41. The molecule has 0 radical (unpaired) electrons. The van der Waals surface area contributed by atoms with Gasteiger partial charge in [0.25, 0.3) is 0 Å². The van der Waals surface area contributed by atoms with Crippen LogP contribution in [0.4, 0.5) is 0 Å². The van der Waals surface area contributed by atoms with Crippen LogP contribution in [-0.4, -0.2) is 30.4 Å². The summed E-state index contributed by atoms with van der Waals surface area (Å²) in [7, 11) is 0. The van der Waals surface area contributed by atoms with E-state index in [9.17, 15) is 0 Å². The average Bonchev–Trinajstić information content (AvgIpc) is 2.30. The van der Waals surface area contributed by atoms with Crippen LogP contribution in [0.15, 0.2) is 24.3 Å². The van der Waals surface area contributed by atoms with E-state index in [1.807, 2.05) is 12.1 Å². The zero-order chi connectivity index (χ0) is 11.4. The van der Waals surface area contributed by atoms with Crippen molar-refractivity contribution in [2.75, 3.05) is 25.5 Å². The first-order valence-corrected chi connectivity index (χ1v) is 6.74. The molecule has 0 N–H and O–H groups in total. The van der Waals surface area contributed by atoms with Crippen molar-refractivity contribution in [1.29, 1.82) is 0 Å².